The molecule has 230 valence electrons. The summed E-state index contributed by atoms with van der Waals surface area (Å²) < 4.78 is 11.6. The van der Waals surface area contributed by atoms with Gasteiger partial charge < -0.3 is 14.8 Å². The summed E-state index contributed by atoms with van der Waals surface area (Å²) in [6.45, 7) is 9.15. The standard InChI is InChI=1S/C34H65NO4/c1-4-7-9-10-11-14-17-22-32(39-34(37)31-25-27-35-28-26-31)23-18-15-12-13-16-19-24-33(36)38-29-30(20-6-3)21-8-5-2/h30-32,35H,4-29H2,1-3H3. The van der Waals surface area contributed by atoms with Crippen molar-refractivity contribution < 1.29 is 19.1 Å². The fourth-order valence-corrected chi connectivity index (χ4v) is 5.75. The van der Waals surface area contributed by atoms with Crippen LogP contribution in [0.4, 0.5) is 0 Å². The van der Waals surface area contributed by atoms with E-state index < -0.39 is 0 Å². The molecule has 5 nitrogen and oxygen atoms in total. The first kappa shape index (κ1) is 35.9. The van der Waals surface area contributed by atoms with Gasteiger partial charge in [0.25, 0.3) is 0 Å². The molecule has 2 atom stereocenters. The molecule has 0 aromatic heterocycles. The predicted molar refractivity (Wildman–Crippen MR) is 164 cm³/mol. The lowest BCUT2D eigenvalue weighted by molar-refractivity contribution is -0.155. The van der Waals surface area contributed by atoms with Gasteiger partial charge in [0.05, 0.1) is 12.5 Å². The number of hydrogen-bond donors (Lipinski definition) is 1. The molecule has 1 fully saturated rings. The molecule has 1 saturated heterocycles. The Bertz CT molecular complexity index is 576. The maximum Gasteiger partial charge on any atom is 0.309 e. The summed E-state index contributed by atoms with van der Waals surface area (Å²) in [5.41, 5.74) is 0. The van der Waals surface area contributed by atoms with E-state index in [4.69, 9.17) is 9.47 Å². The molecule has 1 N–H and O–H groups in total. The topological polar surface area (TPSA) is 64.6 Å². The molecule has 0 aromatic carbocycles. The minimum atomic E-state index is -0.0173. The van der Waals surface area contributed by atoms with Gasteiger partial charge in [0.15, 0.2) is 0 Å². The van der Waals surface area contributed by atoms with Gasteiger partial charge in [-0.05, 0) is 76.8 Å². The molecule has 2 unspecified atom stereocenters. The number of piperidine rings is 1. The van der Waals surface area contributed by atoms with E-state index in [2.05, 4.69) is 26.1 Å². The zero-order valence-corrected chi connectivity index (χ0v) is 26.2. The summed E-state index contributed by atoms with van der Waals surface area (Å²) in [5, 5.41) is 3.34. The van der Waals surface area contributed by atoms with Crippen molar-refractivity contribution in [2.75, 3.05) is 19.7 Å². The molecule has 0 bridgehead atoms. The summed E-state index contributed by atoms with van der Waals surface area (Å²) in [6, 6.07) is 0. The SMILES string of the molecule is CCCCCCCCCC(CCCCCCCCC(=O)OCC(CCC)CCCC)OC(=O)C1CCNCC1. The highest BCUT2D eigenvalue weighted by Crippen LogP contribution is 2.21. The number of rotatable bonds is 26. The smallest absolute Gasteiger partial charge is 0.309 e. The summed E-state index contributed by atoms with van der Waals surface area (Å²) in [6.07, 6.45) is 26.1. The van der Waals surface area contributed by atoms with Crippen molar-refractivity contribution in [2.45, 2.75) is 175 Å². The zero-order chi connectivity index (χ0) is 28.4. The lowest BCUT2D eigenvalue weighted by Gasteiger charge is -2.25. The normalized spacial score (nSPS) is 15.7. The second-order valence-corrected chi connectivity index (χ2v) is 12.1. The number of carbonyl (C=O) groups is 2. The van der Waals surface area contributed by atoms with Crippen LogP contribution in [0.25, 0.3) is 0 Å². The Labute approximate surface area is 242 Å². The first-order valence-electron chi connectivity index (χ1n) is 17.2. The molecular formula is C34H65NO4. The molecule has 0 spiro atoms. The Morgan fingerprint density at radius 2 is 1.23 bits per heavy atom. The number of hydrogen-bond acceptors (Lipinski definition) is 5. The second kappa shape index (κ2) is 25.8. The van der Waals surface area contributed by atoms with Gasteiger partial charge in [-0.2, -0.15) is 0 Å². The van der Waals surface area contributed by atoms with Crippen LogP contribution in [0.5, 0.6) is 0 Å². The Morgan fingerprint density at radius 1 is 0.667 bits per heavy atom. The third-order valence-electron chi connectivity index (χ3n) is 8.38. The molecule has 0 amide bonds. The number of ether oxygens (including phenoxy) is 2. The van der Waals surface area contributed by atoms with Crippen LogP contribution in [0.3, 0.4) is 0 Å². The average Bonchev–Trinajstić information content (AvgIpc) is 2.95. The third kappa shape index (κ3) is 20.4. The van der Waals surface area contributed by atoms with Crippen molar-refractivity contribution in [3.63, 3.8) is 0 Å². The molecular weight excluding hydrogens is 486 g/mol. The lowest BCUT2D eigenvalue weighted by atomic mass is 9.97. The molecule has 39 heavy (non-hydrogen) atoms. The van der Waals surface area contributed by atoms with Gasteiger partial charge in [0.1, 0.15) is 6.10 Å². The highest BCUT2D eigenvalue weighted by atomic mass is 16.5. The fraction of sp³-hybridized carbons (Fsp3) is 0.941. The van der Waals surface area contributed by atoms with E-state index in [9.17, 15) is 9.59 Å². The molecule has 1 aliphatic rings. The van der Waals surface area contributed by atoms with Crippen LogP contribution < -0.4 is 5.32 Å². The minimum absolute atomic E-state index is 0.0173. The summed E-state index contributed by atoms with van der Waals surface area (Å²) >= 11 is 0. The molecule has 0 saturated carbocycles. The van der Waals surface area contributed by atoms with Gasteiger partial charge in [-0.25, -0.2) is 0 Å². The van der Waals surface area contributed by atoms with Crippen LogP contribution in [0.1, 0.15) is 168 Å². The third-order valence-corrected chi connectivity index (χ3v) is 8.38. The van der Waals surface area contributed by atoms with E-state index in [1.54, 1.807) is 0 Å². The van der Waals surface area contributed by atoms with Gasteiger partial charge in [-0.3, -0.25) is 9.59 Å². The van der Waals surface area contributed by atoms with Gasteiger partial charge >= 0.3 is 11.9 Å². The molecule has 0 radical (unpaired) electrons. The van der Waals surface area contributed by atoms with Crippen LogP contribution in [-0.4, -0.2) is 37.7 Å². The first-order valence-corrected chi connectivity index (χ1v) is 17.2. The fourth-order valence-electron chi connectivity index (χ4n) is 5.75. The van der Waals surface area contributed by atoms with Gasteiger partial charge in [-0.15, -0.1) is 0 Å². The highest BCUT2D eigenvalue weighted by molar-refractivity contribution is 5.72. The van der Waals surface area contributed by atoms with E-state index in [1.165, 1.54) is 83.5 Å². The molecule has 1 heterocycles. The van der Waals surface area contributed by atoms with E-state index in [0.717, 1.165) is 70.9 Å². The van der Waals surface area contributed by atoms with Crippen molar-refractivity contribution in [1.29, 1.82) is 0 Å². The van der Waals surface area contributed by atoms with E-state index >= 15 is 0 Å². The highest BCUT2D eigenvalue weighted by Gasteiger charge is 2.25. The average molecular weight is 552 g/mol. The van der Waals surface area contributed by atoms with E-state index in [1.807, 2.05) is 0 Å². The lowest BCUT2D eigenvalue weighted by Crippen LogP contribution is -2.34. The maximum atomic E-state index is 12.8. The van der Waals surface area contributed by atoms with Crippen LogP contribution in [0, 0.1) is 11.8 Å². The number of esters is 2. The van der Waals surface area contributed by atoms with E-state index in [-0.39, 0.29) is 24.0 Å². The Balaban J connectivity index is 2.19. The molecule has 0 aromatic rings. The van der Waals surface area contributed by atoms with Gasteiger partial charge in [0, 0.05) is 6.42 Å². The van der Waals surface area contributed by atoms with Crippen molar-refractivity contribution in [3.8, 4) is 0 Å². The van der Waals surface area contributed by atoms with Crippen LogP contribution in [0.15, 0.2) is 0 Å². The zero-order valence-electron chi connectivity index (χ0n) is 26.2. The van der Waals surface area contributed by atoms with E-state index in [0.29, 0.717) is 18.9 Å². The van der Waals surface area contributed by atoms with Crippen molar-refractivity contribution in [3.05, 3.63) is 0 Å². The summed E-state index contributed by atoms with van der Waals surface area (Å²) in [4.78, 5) is 24.9. The van der Waals surface area contributed by atoms with Gasteiger partial charge in [0.2, 0.25) is 0 Å². The predicted octanol–water partition coefficient (Wildman–Crippen LogP) is 9.31. The van der Waals surface area contributed by atoms with Crippen LogP contribution in [-0.2, 0) is 19.1 Å². The number of nitrogens with one attached hydrogen (secondary N) is 1. The van der Waals surface area contributed by atoms with Gasteiger partial charge in [-0.1, -0.05) is 104 Å². The summed E-state index contributed by atoms with van der Waals surface area (Å²) in [5.74, 6) is 0.648. The monoisotopic (exact) mass is 551 g/mol. The molecule has 0 aliphatic carbocycles. The Hall–Kier alpha value is -1.10. The van der Waals surface area contributed by atoms with Crippen molar-refractivity contribution in [1.82, 2.24) is 5.32 Å². The van der Waals surface area contributed by atoms with Crippen LogP contribution >= 0.6 is 0 Å². The summed E-state index contributed by atoms with van der Waals surface area (Å²) in [7, 11) is 0. The quantitative estimate of drug-likeness (QED) is 0.0857. The number of unbranched alkanes of at least 4 members (excludes halogenated alkanes) is 12. The molecule has 1 rings (SSSR count). The minimum Gasteiger partial charge on any atom is -0.465 e. The Morgan fingerprint density at radius 3 is 1.82 bits per heavy atom. The van der Waals surface area contributed by atoms with Crippen molar-refractivity contribution in [2.24, 2.45) is 11.8 Å². The largest absolute Gasteiger partial charge is 0.465 e. The molecule has 5 heteroatoms. The van der Waals surface area contributed by atoms with Crippen LogP contribution in [0.2, 0.25) is 0 Å². The van der Waals surface area contributed by atoms with Crippen molar-refractivity contribution >= 4 is 11.9 Å². The Kier molecular flexibility index (Phi) is 23.8. The number of carbonyl (C=O) groups excluding carboxylic acids is 2. The second-order valence-electron chi connectivity index (χ2n) is 12.1. The maximum absolute atomic E-state index is 12.8. The first-order chi connectivity index (χ1) is 19.1. The molecule has 1 aliphatic heterocycles.